The molecule has 3 N–H and O–H groups in total. The Hall–Kier alpha value is -3.27. The van der Waals surface area contributed by atoms with Crippen LogP contribution in [-0.2, 0) is 10.0 Å². The summed E-state index contributed by atoms with van der Waals surface area (Å²) in [7, 11) is -0.378. The number of nitrogens with one attached hydrogen (secondary N) is 3. The molecule has 9 nitrogen and oxygen atoms in total. The van der Waals surface area contributed by atoms with Crippen molar-refractivity contribution in [2.45, 2.75) is 0 Å². The van der Waals surface area contributed by atoms with Gasteiger partial charge in [0.25, 0.3) is 11.8 Å². The Bertz CT molecular complexity index is 974. The second-order valence-corrected chi connectivity index (χ2v) is 7.78. The molecule has 0 heterocycles. The maximum atomic E-state index is 12.2. The van der Waals surface area contributed by atoms with Crippen LogP contribution < -0.4 is 24.8 Å². The van der Waals surface area contributed by atoms with E-state index >= 15 is 0 Å². The SMILES string of the molecule is COc1ccc(C(=O)NCCNC(=O)c2ccc(NS(C)(=O)=O)cc2)cc1OC. The predicted molar refractivity (Wildman–Crippen MR) is 109 cm³/mol. The van der Waals surface area contributed by atoms with Crippen molar-refractivity contribution in [2.75, 3.05) is 38.3 Å². The highest BCUT2D eigenvalue weighted by atomic mass is 32.2. The minimum atomic E-state index is -3.37. The lowest BCUT2D eigenvalue weighted by molar-refractivity contribution is 0.0927. The monoisotopic (exact) mass is 421 g/mol. The predicted octanol–water partition coefficient (Wildman–Crippen LogP) is 1.24. The molecule has 2 amide bonds. The molecular formula is C19H23N3O6S. The Morgan fingerprint density at radius 3 is 1.86 bits per heavy atom. The first-order valence-electron chi connectivity index (χ1n) is 8.60. The van der Waals surface area contributed by atoms with Gasteiger partial charge in [0.1, 0.15) is 0 Å². The number of amides is 2. The summed E-state index contributed by atoms with van der Waals surface area (Å²) in [6.07, 6.45) is 1.05. The number of ether oxygens (including phenoxy) is 2. The van der Waals surface area contributed by atoms with E-state index in [9.17, 15) is 18.0 Å². The average molecular weight is 421 g/mol. The third-order valence-corrected chi connectivity index (χ3v) is 4.40. The van der Waals surface area contributed by atoms with E-state index in [-0.39, 0.29) is 24.9 Å². The van der Waals surface area contributed by atoms with Gasteiger partial charge in [0, 0.05) is 29.9 Å². The van der Waals surface area contributed by atoms with E-state index in [1.54, 1.807) is 18.2 Å². The molecule has 0 atom stereocenters. The van der Waals surface area contributed by atoms with Gasteiger partial charge in [0.15, 0.2) is 11.5 Å². The molecule has 0 unspecified atom stereocenters. The molecule has 29 heavy (non-hydrogen) atoms. The van der Waals surface area contributed by atoms with E-state index in [2.05, 4.69) is 15.4 Å². The molecule has 0 aliphatic rings. The zero-order valence-corrected chi connectivity index (χ0v) is 17.1. The maximum absolute atomic E-state index is 12.2. The van der Waals surface area contributed by atoms with Crippen LogP contribution in [0.25, 0.3) is 0 Å². The number of hydrogen-bond acceptors (Lipinski definition) is 6. The fourth-order valence-electron chi connectivity index (χ4n) is 2.44. The lowest BCUT2D eigenvalue weighted by Gasteiger charge is -2.10. The fraction of sp³-hybridized carbons (Fsp3) is 0.263. The van der Waals surface area contributed by atoms with Crippen LogP contribution in [0.1, 0.15) is 20.7 Å². The molecular weight excluding hydrogens is 398 g/mol. The molecule has 0 fully saturated rings. The van der Waals surface area contributed by atoms with Gasteiger partial charge in [0.05, 0.1) is 20.5 Å². The molecule has 0 aliphatic carbocycles. The average Bonchev–Trinajstić information content (AvgIpc) is 2.69. The van der Waals surface area contributed by atoms with E-state index in [0.29, 0.717) is 28.3 Å². The third kappa shape index (κ3) is 6.68. The van der Waals surface area contributed by atoms with Gasteiger partial charge >= 0.3 is 0 Å². The Morgan fingerprint density at radius 2 is 1.34 bits per heavy atom. The van der Waals surface area contributed by atoms with E-state index in [1.807, 2.05) is 0 Å². The Balaban J connectivity index is 1.82. The first kappa shape index (κ1) is 22.0. The topological polar surface area (TPSA) is 123 Å². The molecule has 2 rings (SSSR count). The van der Waals surface area contributed by atoms with Crippen LogP contribution in [0.3, 0.4) is 0 Å². The lowest BCUT2D eigenvalue weighted by Crippen LogP contribution is -2.34. The molecule has 2 aromatic rings. The number of carbonyl (C=O) groups excluding carboxylic acids is 2. The second kappa shape index (κ2) is 9.78. The quantitative estimate of drug-likeness (QED) is 0.524. The molecule has 2 aromatic carbocycles. The number of hydrogen-bond donors (Lipinski definition) is 3. The highest BCUT2D eigenvalue weighted by Crippen LogP contribution is 2.27. The second-order valence-electron chi connectivity index (χ2n) is 6.03. The lowest BCUT2D eigenvalue weighted by atomic mass is 10.2. The summed E-state index contributed by atoms with van der Waals surface area (Å²) in [6, 6.07) is 10.8. The van der Waals surface area contributed by atoms with Gasteiger partial charge in [-0.05, 0) is 42.5 Å². The number of anilines is 1. The molecule has 156 valence electrons. The van der Waals surface area contributed by atoms with Crippen molar-refractivity contribution in [3.63, 3.8) is 0 Å². The molecule has 0 saturated heterocycles. The van der Waals surface area contributed by atoms with Gasteiger partial charge < -0.3 is 20.1 Å². The van der Waals surface area contributed by atoms with Gasteiger partial charge in [-0.25, -0.2) is 8.42 Å². The van der Waals surface area contributed by atoms with Crippen molar-refractivity contribution in [2.24, 2.45) is 0 Å². The van der Waals surface area contributed by atoms with Crippen LogP contribution in [0.4, 0.5) is 5.69 Å². The van der Waals surface area contributed by atoms with Crippen molar-refractivity contribution in [1.82, 2.24) is 10.6 Å². The number of benzene rings is 2. The first-order chi connectivity index (χ1) is 13.7. The molecule has 10 heteroatoms. The zero-order chi connectivity index (χ0) is 21.4. The molecule has 0 aliphatic heterocycles. The number of rotatable bonds is 9. The van der Waals surface area contributed by atoms with Crippen LogP contribution in [0, 0.1) is 0 Å². The fourth-order valence-corrected chi connectivity index (χ4v) is 3.00. The van der Waals surface area contributed by atoms with Gasteiger partial charge in [-0.15, -0.1) is 0 Å². The van der Waals surface area contributed by atoms with Crippen molar-refractivity contribution in [3.8, 4) is 11.5 Å². The summed E-state index contributed by atoms with van der Waals surface area (Å²) in [5.41, 5.74) is 1.14. The van der Waals surface area contributed by atoms with Crippen LogP contribution in [-0.4, -0.2) is 53.8 Å². The highest BCUT2D eigenvalue weighted by Gasteiger charge is 2.11. The highest BCUT2D eigenvalue weighted by molar-refractivity contribution is 7.92. The van der Waals surface area contributed by atoms with E-state index in [0.717, 1.165) is 6.26 Å². The minimum Gasteiger partial charge on any atom is -0.493 e. The van der Waals surface area contributed by atoms with Crippen molar-refractivity contribution in [1.29, 1.82) is 0 Å². The number of methoxy groups -OCH3 is 2. The molecule has 0 radical (unpaired) electrons. The molecule has 0 aromatic heterocycles. The standard InChI is InChI=1S/C19H23N3O6S/c1-27-16-9-6-14(12-17(16)28-2)19(24)21-11-10-20-18(23)13-4-7-15(8-5-13)22-29(3,25)26/h4-9,12,22H,10-11H2,1-3H3,(H,20,23)(H,21,24). The minimum absolute atomic E-state index is 0.223. The smallest absolute Gasteiger partial charge is 0.251 e. The van der Waals surface area contributed by atoms with Crippen LogP contribution >= 0.6 is 0 Å². The Labute approximate surface area is 169 Å². The summed E-state index contributed by atoms with van der Waals surface area (Å²) in [6.45, 7) is 0.452. The maximum Gasteiger partial charge on any atom is 0.251 e. The van der Waals surface area contributed by atoms with Gasteiger partial charge in [-0.3, -0.25) is 14.3 Å². The van der Waals surface area contributed by atoms with Crippen LogP contribution in [0.2, 0.25) is 0 Å². The number of sulfonamides is 1. The number of carbonyl (C=O) groups is 2. The van der Waals surface area contributed by atoms with E-state index in [1.165, 1.54) is 38.5 Å². The van der Waals surface area contributed by atoms with Gasteiger partial charge in [-0.2, -0.15) is 0 Å². The van der Waals surface area contributed by atoms with Crippen molar-refractivity contribution >= 4 is 27.5 Å². The van der Waals surface area contributed by atoms with Gasteiger partial charge in [0.2, 0.25) is 10.0 Å². The Kier molecular flexibility index (Phi) is 7.43. The van der Waals surface area contributed by atoms with Crippen molar-refractivity contribution in [3.05, 3.63) is 53.6 Å². The largest absolute Gasteiger partial charge is 0.493 e. The van der Waals surface area contributed by atoms with Crippen LogP contribution in [0.15, 0.2) is 42.5 Å². The summed E-state index contributed by atoms with van der Waals surface area (Å²) >= 11 is 0. The van der Waals surface area contributed by atoms with E-state index in [4.69, 9.17) is 9.47 Å². The summed E-state index contributed by atoms with van der Waals surface area (Å²) < 4.78 is 35.0. The summed E-state index contributed by atoms with van der Waals surface area (Å²) in [4.78, 5) is 24.3. The van der Waals surface area contributed by atoms with E-state index < -0.39 is 10.0 Å². The molecule has 0 bridgehead atoms. The first-order valence-corrected chi connectivity index (χ1v) is 10.5. The molecule has 0 spiro atoms. The molecule has 0 saturated carbocycles. The Morgan fingerprint density at radius 1 is 0.828 bits per heavy atom. The zero-order valence-electron chi connectivity index (χ0n) is 16.3. The van der Waals surface area contributed by atoms with Crippen LogP contribution in [0.5, 0.6) is 11.5 Å². The summed E-state index contributed by atoms with van der Waals surface area (Å²) in [5, 5.41) is 5.38. The normalized spacial score (nSPS) is 10.7. The third-order valence-electron chi connectivity index (χ3n) is 3.79. The van der Waals surface area contributed by atoms with Gasteiger partial charge in [-0.1, -0.05) is 0 Å². The van der Waals surface area contributed by atoms with Crippen molar-refractivity contribution < 1.29 is 27.5 Å². The summed E-state index contributed by atoms with van der Waals surface area (Å²) in [5.74, 6) is 0.323.